The van der Waals surface area contributed by atoms with Gasteiger partial charge in [-0.2, -0.15) is 5.26 Å². The van der Waals surface area contributed by atoms with Crippen molar-refractivity contribution in [3.63, 3.8) is 0 Å². The standard InChI is InChI=1S/C14H13ClN4O/c1-20-13-4-2-3-10(15)9(13)8-18-14-6-5-11(17)12(7-16)19-14/h2-6H,8,17H2,1H3,(H,18,19). The van der Waals surface area contributed by atoms with Gasteiger partial charge in [-0.3, -0.25) is 0 Å². The molecule has 0 unspecified atom stereocenters. The monoisotopic (exact) mass is 288 g/mol. The van der Waals surface area contributed by atoms with Gasteiger partial charge in [0.1, 0.15) is 17.6 Å². The molecule has 0 aliphatic heterocycles. The van der Waals surface area contributed by atoms with E-state index in [4.69, 9.17) is 27.3 Å². The van der Waals surface area contributed by atoms with Gasteiger partial charge in [-0.05, 0) is 24.3 Å². The molecule has 102 valence electrons. The maximum atomic E-state index is 8.89. The Labute approximate surface area is 122 Å². The van der Waals surface area contributed by atoms with Crippen molar-refractivity contribution in [3.05, 3.63) is 46.6 Å². The van der Waals surface area contributed by atoms with Gasteiger partial charge in [0.05, 0.1) is 12.8 Å². The number of benzene rings is 1. The summed E-state index contributed by atoms with van der Waals surface area (Å²) in [7, 11) is 1.59. The topological polar surface area (TPSA) is 84.0 Å². The third kappa shape index (κ3) is 2.92. The highest BCUT2D eigenvalue weighted by atomic mass is 35.5. The first-order valence-corrected chi connectivity index (χ1v) is 6.25. The molecule has 2 rings (SSSR count). The number of nitrogens with zero attached hydrogens (tertiary/aromatic N) is 2. The van der Waals surface area contributed by atoms with Gasteiger partial charge in [0.2, 0.25) is 0 Å². The molecule has 6 heteroatoms. The van der Waals surface area contributed by atoms with Crippen molar-refractivity contribution < 1.29 is 4.74 Å². The first kappa shape index (κ1) is 14.0. The molecule has 5 nitrogen and oxygen atoms in total. The highest BCUT2D eigenvalue weighted by molar-refractivity contribution is 6.31. The number of hydrogen-bond donors (Lipinski definition) is 2. The quantitative estimate of drug-likeness (QED) is 0.904. The number of hydrogen-bond acceptors (Lipinski definition) is 5. The lowest BCUT2D eigenvalue weighted by Crippen LogP contribution is -2.05. The number of nitriles is 1. The van der Waals surface area contributed by atoms with Crippen LogP contribution in [0, 0.1) is 11.3 Å². The fourth-order valence-electron chi connectivity index (χ4n) is 1.74. The molecular weight excluding hydrogens is 276 g/mol. The number of nitrogen functional groups attached to an aromatic ring is 1. The smallest absolute Gasteiger partial charge is 0.165 e. The van der Waals surface area contributed by atoms with E-state index in [9.17, 15) is 0 Å². The van der Waals surface area contributed by atoms with Crippen molar-refractivity contribution in [2.24, 2.45) is 0 Å². The number of rotatable bonds is 4. The van der Waals surface area contributed by atoms with Gasteiger partial charge in [0.25, 0.3) is 0 Å². The summed E-state index contributed by atoms with van der Waals surface area (Å²) in [5.41, 5.74) is 7.00. The number of nitrogens with two attached hydrogens (primary N) is 1. The molecule has 0 radical (unpaired) electrons. The van der Waals surface area contributed by atoms with Crippen molar-refractivity contribution in [3.8, 4) is 11.8 Å². The summed E-state index contributed by atoms with van der Waals surface area (Å²) in [5.74, 6) is 1.25. The van der Waals surface area contributed by atoms with Crippen LogP contribution >= 0.6 is 11.6 Å². The molecule has 0 aliphatic rings. The average molecular weight is 289 g/mol. The van der Waals surface area contributed by atoms with Gasteiger partial charge in [0, 0.05) is 17.1 Å². The summed E-state index contributed by atoms with van der Waals surface area (Å²) < 4.78 is 5.26. The van der Waals surface area contributed by atoms with Crippen molar-refractivity contribution in [2.75, 3.05) is 18.2 Å². The number of aromatic nitrogens is 1. The van der Waals surface area contributed by atoms with Gasteiger partial charge in [-0.25, -0.2) is 4.98 Å². The molecule has 0 spiro atoms. The summed E-state index contributed by atoms with van der Waals surface area (Å²) in [5, 5.41) is 12.6. The second-order valence-electron chi connectivity index (χ2n) is 4.02. The Bertz CT molecular complexity index is 667. The van der Waals surface area contributed by atoms with Crippen LogP contribution in [0.25, 0.3) is 0 Å². The van der Waals surface area contributed by atoms with Crippen molar-refractivity contribution in [2.45, 2.75) is 6.54 Å². The van der Waals surface area contributed by atoms with Gasteiger partial charge < -0.3 is 15.8 Å². The molecule has 1 aromatic carbocycles. The maximum absolute atomic E-state index is 8.89. The normalized spacial score (nSPS) is 9.85. The highest BCUT2D eigenvalue weighted by Gasteiger charge is 2.08. The molecular formula is C14H13ClN4O. The largest absolute Gasteiger partial charge is 0.496 e. The second-order valence-corrected chi connectivity index (χ2v) is 4.43. The summed E-state index contributed by atoms with van der Waals surface area (Å²) in [6.07, 6.45) is 0. The van der Waals surface area contributed by atoms with E-state index in [0.29, 0.717) is 28.8 Å². The molecule has 2 aromatic rings. The molecule has 0 fully saturated rings. The highest BCUT2D eigenvalue weighted by Crippen LogP contribution is 2.27. The van der Waals surface area contributed by atoms with Gasteiger partial charge in [-0.1, -0.05) is 17.7 Å². The van der Waals surface area contributed by atoms with E-state index in [1.54, 1.807) is 25.3 Å². The van der Waals surface area contributed by atoms with E-state index >= 15 is 0 Å². The molecule has 3 N–H and O–H groups in total. The molecule has 1 aromatic heterocycles. The fourth-order valence-corrected chi connectivity index (χ4v) is 1.97. The van der Waals surface area contributed by atoms with Gasteiger partial charge in [0.15, 0.2) is 5.69 Å². The second kappa shape index (κ2) is 6.13. The van der Waals surface area contributed by atoms with Crippen LogP contribution in [0.15, 0.2) is 30.3 Å². The van der Waals surface area contributed by atoms with Crippen LogP contribution in [0.5, 0.6) is 5.75 Å². The number of nitrogens with one attached hydrogen (secondary N) is 1. The van der Waals surface area contributed by atoms with Crippen LogP contribution < -0.4 is 15.8 Å². The first-order chi connectivity index (χ1) is 9.65. The van der Waals surface area contributed by atoms with E-state index < -0.39 is 0 Å². The van der Waals surface area contributed by atoms with E-state index in [-0.39, 0.29) is 5.69 Å². The zero-order chi connectivity index (χ0) is 14.5. The van der Waals surface area contributed by atoms with E-state index in [2.05, 4.69) is 10.3 Å². The van der Waals surface area contributed by atoms with E-state index in [1.807, 2.05) is 18.2 Å². The minimum Gasteiger partial charge on any atom is -0.496 e. The number of anilines is 2. The van der Waals surface area contributed by atoms with E-state index in [0.717, 1.165) is 5.56 Å². The lowest BCUT2D eigenvalue weighted by molar-refractivity contribution is 0.410. The SMILES string of the molecule is COc1cccc(Cl)c1CNc1ccc(N)c(C#N)n1. The third-order valence-electron chi connectivity index (χ3n) is 2.77. The predicted octanol–water partition coefficient (Wildman–Crippen LogP) is 2.81. The Morgan fingerprint density at radius 1 is 1.40 bits per heavy atom. The molecule has 0 saturated heterocycles. The molecule has 20 heavy (non-hydrogen) atoms. The molecule has 0 atom stereocenters. The van der Waals surface area contributed by atoms with Gasteiger partial charge >= 0.3 is 0 Å². The van der Waals surface area contributed by atoms with Gasteiger partial charge in [-0.15, -0.1) is 0 Å². The lowest BCUT2D eigenvalue weighted by Gasteiger charge is -2.12. The van der Waals surface area contributed by atoms with Crippen LogP contribution in [-0.4, -0.2) is 12.1 Å². The minimum absolute atomic E-state index is 0.195. The summed E-state index contributed by atoms with van der Waals surface area (Å²) in [6, 6.07) is 10.7. The number of pyridine rings is 1. The van der Waals surface area contributed by atoms with Crippen LogP contribution in [-0.2, 0) is 6.54 Å². The Kier molecular flexibility index (Phi) is 4.28. The molecule has 0 amide bonds. The predicted molar refractivity (Wildman–Crippen MR) is 78.7 cm³/mol. The summed E-state index contributed by atoms with van der Waals surface area (Å²) >= 11 is 6.15. The zero-order valence-corrected chi connectivity index (χ0v) is 11.6. The number of ether oxygens (including phenoxy) is 1. The molecule has 0 saturated carbocycles. The fraction of sp³-hybridized carbons (Fsp3) is 0.143. The Morgan fingerprint density at radius 3 is 2.90 bits per heavy atom. The Morgan fingerprint density at radius 2 is 2.20 bits per heavy atom. The minimum atomic E-state index is 0.195. The number of methoxy groups -OCH3 is 1. The van der Waals surface area contributed by atoms with Crippen LogP contribution in [0.3, 0.4) is 0 Å². The summed E-state index contributed by atoms with van der Waals surface area (Å²) in [6.45, 7) is 0.435. The molecule has 0 bridgehead atoms. The van der Waals surface area contributed by atoms with E-state index in [1.165, 1.54) is 0 Å². The van der Waals surface area contributed by atoms with Crippen molar-refractivity contribution >= 4 is 23.1 Å². The molecule has 0 aliphatic carbocycles. The van der Waals surface area contributed by atoms with Crippen LogP contribution in [0.2, 0.25) is 5.02 Å². The maximum Gasteiger partial charge on any atom is 0.165 e. The number of halogens is 1. The van der Waals surface area contributed by atoms with Crippen molar-refractivity contribution in [1.82, 2.24) is 4.98 Å². The zero-order valence-electron chi connectivity index (χ0n) is 10.9. The summed E-state index contributed by atoms with van der Waals surface area (Å²) in [4.78, 5) is 4.11. The first-order valence-electron chi connectivity index (χ1n) is 5.87. The lowest BCUT2D eigenvalue weighted by atomic mass is 10.2. The Hall–Kier alpha value is -2.45. The van der Waals surface area contributed by atoms with Crippen LogP contribution in [0.4, 0.5) is 11.5 Å². The molecule has 1 heterocycles. The Balaban J connectivity index is 2.19. The van der Waals surface area contributed by atoms with Crippen LogP contribution in [0.1, 0.15) is 11.3 Å². The van der Waals surface area contributed by atoms with Crippen molar-refractivity contribution in [1.29, 1.82) is 5.26 Å². The third-order valence-corrected chi connectivity index (χ3v) is 3.13. The average Bonchev–Trinajstić information content (AvgIpc) is 2.47.